The van der Waals surface area contributed by atoms with Gasteiger partial charge in [-0.15, -0.1) is 0 Å². The summed E-state index contributed by atoms with van der Waals surface area (Å²) >= 11 is 0. The van der Waals surface area contributed by atoms with E-state index < -0.39 is 0 Å². The Morgan fingerprint density at radius 2 is 2.14 bits per heavy atom. The number of hydrogen-bond acceptors (Lipinski definition) is 2. The zero-order valence-corrected chi connectivity index (χ0v) is 11.8. The van der Waals surface area contributed by atoms with Crippen molar-refractivity contribution in [3.63, 3.8) is 0 Å². The molecule has 1 aliphatic rings. The highest BCUT2D eigenvalue weighted by Gasteiger charge is 2.25. The minimum absolute atomic E-state index is 0.0517. The van der Waals surface area contributed by atoms with E-state index in [-0.39, 0.29) is 5.91 Å². The van der Waals surface area contributed by atoms with Crippen molar-refractivity contribution in [2.24, 2.45) is 0 Å². The van der Waals surface area contributed by atoms with Crippen molar-refractivity contribution in [2.45, 2.75) is 13.3 Å². The van der Waals surface area contributed by atoms with Gasteiger partial charge in [-0.25, -0.2) is 4.98 Å². The number of imidazole rings is 1. The summed E-state index contributed by atoms with van der Waals surface area (Å²) < 4.78 is 0. The lowest BCUT2D eigenvalue weighted by Crippen LogP contribution is -2.28. The molecule has 1 N–H and O–H groups in total. The summed E-state index contributed by atoms with van der Waals surface area (Å²) in [6.07, 6.45) is 2.57. The van der Waals surface area contributed by atoms with Gasteiger partial charge >= 0.3 is 0 Å². The molecule has 0 unspecified atom stereocenters. The van der Waals surface area contributed by atoms with Crippen LogP contribution in [0.25, 0.3) is 11.0 Å². The Hall–Kier alpha value is -2.62. The van der Waals surface area contributed by atoms with Crippen LogP contribution in [0, 0.1) is 6.92 Å². The smallest absolute Gasteiger partial charge is 0.258 e. The van der Waals surface area contributed by atoms with Gasteiger partial charge in [-0.1, -0.05) is 12.1 Å². The molecule has 4 heteroatoms. The number of hydrogen-bond donors (Lipinski definition) is 1. The van der Waals surface area contributed by atoms with Crippen LogP contribution in [-0.2, 0) is 6.42 Å². The number of nitrogens with one attached hydrogen (secondary N) is 1. The molecule has 4 nitrogen and oxygen atoms in total. The van der Waals surface area contributed by atoms with E-state index in [1.165, 1.54) is 11.1 Å². The second-order valence-electron chi connectivity index (χ2n) is 5.47. The predicted molar refractivity (Wildman–Crippen MR) is 82.7 cm³/mol. The molecule has 0 bridgehead atoms. The average molecular weight is 277 g/mol. The quantitative estimate of drug-likeness (QED) is 0.743. The number of aromatic nitrogens is 2. The largest absolute Gasteiger partial charge is 0.345 e. The van der Waals surface area contributed by atoms with Crippen LogP contribution < -0.4 is 4.90 Å². The Morgan fingerprint density at radius 3 is 3.05 bits per heavy atom. The summed E-state index contributed by atoms with van der Waals surface area (Å²) in [5.74, 6) is 0.0517. The highest BCUT2D eigenvalue weighted by molar-refractivity contribution is 6.08. The fourth-order valence-electron chi connectivity index (χ4n) is 2.92. The Labute approximate surface area is 122 Å². The van der Waals surface area contributed by atoms with Crippen molar-refractivity contribution in [1.29, 1.82) is 0 Å². The summed E-state index contributed by atoms with van der Waals surface area (Å²) in [6.45, 7) is 2.80. The maximum Gasteiger partial charge on any atom is 0.258 e. The minimum atomic E-state index is 0.0517. The molecule has 0 saturated heterocycles. The van der Waals surface area contributed by atoms with Crippen LogP contribution in [0.4, 0.5) is 5.69 Å². The van der Waals surface area contributed by atoms with Gasteiger partial charge in [0.1, 0.15) is 0 Å². The third-order valence-electron chi connectivity index (χ3n) is 4.05. The Kier molecular flexibility index (Phi) is 2.57. The third kappa shape index (κ3) is 1.91. The Bertz CT molecular complexity index is 850. The minimum Gasteiger partial charge on any atom is -0.345 e. The number of fused-ring (bicyclic) bond motifs is 2. The van der Waals surface area contributed by atoms with E-state index in [4.69, 9.17) is 0 Å². The maximum atomic E-state index is 12.8. The molecule has 0 atom stereocenters. The summed E-state index contributed by atoms with van der Waals surface area (Å²) in [5.41, 5.74) is 5.94. The molecule has 3 aromatic rings. The molecule has 0 radical (unpaired) electrons. The topological polar surface area (TPSA) is 49.0 Å². The number of H-pyrrole nitrogens is 1. The molecular weight excluding hydrogens is 262 g/mol. The molecule has 4 rings (SSSR count). The van der Waals surface area contributed by atoms with Crippen LogP contribution in [0.15, 0.2) is 42.7 Å². The van der Waals surface area contributed by atoms with Crippen molar-refractivity contribution in [1.82, 2.24) is 9.97 Å². The number of nitrogens with zero attached hydrogens (tertiary/aromatic N) is 2. The number of anilines is 1. The summed E-state index contributed by atoms with van der Waals surface area (Å²) in [5, 5.41) is 0. The zero-order chi connectivity index (χ0) is 14.4. The number of benzene rings is 2. The van der Waals surface area contributed by atoms with E-state index in [9.17, 15) is 4.79 Å². The van der Waals surface area contributed by atoms with Gasteiger partial charge in [0, 0.05) is 17.8 Å². The van der Waals surface area contributed by atoms with Crippen LogP contribution in [0.5, 0.6) is 0 Å². The van der Waals surface area contributed by atoms with E-state index in [1.54, 1.807) is 6.33 Å². The van der Waals surface area contributed by atoms with Crippen molar-refractivity contribution < 1.29 is 4.79 Å². The van der Waals surface area contributed by atoms with Gasteiger partial charge in [0.15, 0.2) is 0 Å². The van der Waals surface area contributed by atoms with E-state index in [1.807, 2.05) is 23.1 Å². The molecule has 104 valence electrons. The Balaban J connectivity index is 1.74. The van der Waals surface area contributed by atoms with Crippen LogP contribution in [0.2, 0.25) is 0 Å². The second-order valence-corrected chi connectivity index (χ2v) is 5.47. The molecule has 0 fully saturated rings. The maximum absolute atomic E-state index is 12.8. The van der Waals surface area contributed by atoms with Gasteiger partial charge in [-0.05, 0) is 48.7 Å². The summed E-state index contributed by atoms with van der Waals surface area (Å²) in [4.78, 5) is 21.9. The number of aromatic amines is 1. The van der Waals surface area contributed by atoms with Gasteiger partial charge in [0.25, 0.3) is 5.91 Å². The molecule has 21 heavy (non-hydrogen) atoms. The molecular formula is C17H15N3O. The third-order valence-corrected chi connectivity index (χ3v) is 4.05. The lowest BCUT2D eigenvalue weighted by Gasteiger charge is -2.17. The van der Waals surface area contributed by atoms with E-state index in [0.717, 1.165) is 29.7 Å². The van der Waals surface area contributed by atoms with Gasteiger partial charge in [-0.2, -0.15) is 0 Å². The standard InChI is InChI=1S/C17H15N3O/c1-11-2-3-12-6-7-20(16(12)8-11)17(21)13-4-5-14-15(9-13)19-10-18-14/h2-5,8-10H,6-7H2,1H3,(H,18,19). The summed E-state index contributed by atoms with van der Waals surface area (Å²) in [7, 11) is 0. The molecule has 1 amide bonds. The monoisotopic (exact) mass is 277 g/mol. The fourth-order valence-corrected chi connectivity index (χ4v) is 2.92. The molecule has 2 aromatic carbocycles. The lowest BCUT2D eigenvalue weighted by atomic mass is 10.1. The van der Waals surface area contributed by atoms with Crippen molar-refractivity contribution in [2.75, 3.05) is 11.4 Å². The number of aryl methyl sites for hydroxylation is 1. The first-order valence-electron chi connectivity index (χ1n) is 7.07. The first-order valence-corrected chi connectivity index (χ1v) is 7.07. The highest BCUT2D eigenvalue weighted by Crippen LogP contribution is 2.30. The fraction of sp³-hybridized carbons (Fsp3) is 0.176. The van der Waals surface area contributed by atoms with Gasteiger partial charge < -0.3 is 9.88 Å². The van der Waals surface area contributed by atoms with Gasteiger partial charge in [-0.3, -0.25) is 4.79 Å². The molecule has 0 saturated carbocycles. The van der Waals surface area contributed by atoms with Crippen molar-refractivity contribution in [3.8, 4) is 0 Å². The first kappa shape index (κ1) is 12.1. The number of rotatable bonds is 1. The van der Waals surface area contributed by atoms with Crippen LogP contribution in [0.3, 0.4) is 0 Å². The number of amides is 1. The van der Waals surface area contributed by atoms with E-state index in [0.29, 0.717) is 5.56 Å². The molecule has 2 heterocycles. The van der Waals surface area contributed by atoms with Crippen LogP contribution >= 0.6 is 0 Å². The normalized spacial score (nSPS) is 13.7. The molecule has 1 aromatic heterocycles. The van der Waals surface area contributed by atoms with Crippen LogP contribution in [-0.4, -0.2) is 22.4 Å². The number of carbonyl (C=O) groups excluding carboxylic acids is 1. The van der Waals surface area contributed by atoms with Crippen LogP contribution in [0.1, 0.15) is 21.5 Å². The van der Waals surface area contributed by atoms with Crippen molar-refractivity contribution >= 4 is 22.6 Å². The summed E-state index contributed by atoms with van der Waals surface area (Å²) in [6, 6.07) is 11.9. The average Bonchev–Trinajstić information content (AvgIpc) is 3.11. The zero-order valence-electron chi connectivity index (χ0n) is 11.8. The van der Waals surface area contributed by atoms with Gasteiger partial charge in [0.05, 0.1) is 17.4 Å². The second kappa shape index (κ2) is 4.45. The molecule has 0 spiro atoms. The molecule has 0 aliphatic carbocycles. The first-order chi connectivity index (χ1) is 10.2. The van der Waals surface area contributed by atoms with E-state index in [2.05, 4.69) is 35.1 Å². The van der Waals surface area contributed by atoms with Gasteiger partial charge in [0.2, 0.25) is 0 Å². The lowest BCUT2D eigenvalue weighted by molar-refractivity contribution is 0.0989. The van der Waals surface area contributed by atoms with Crippen molar-refractivity contribution in [3.05, 3.63) is 59.4 Å². The Morgan fingerprint density at radius 1 is 1.24 bits per heavy atom. The molecule has 1 aliphatic heterocycles. The highest BCUT2D eigenvalue weighted by atomic mass is 16.2. The van der Waals surface area contributed by atoms with E-state index >= 15 is 0 Å². The predicted octanol–water partition coefficient (Wildman–Crippen LogP) is 3.07. The number of carbonyl (C=O) groups is 1. The SMILES string of the molecule is Cc1ccc2c(c1)N(C(=O)c1ccc3nc[nH]c3c1)CC2.